The molecule has 148 valence electrons. The van der Waals surface area contributed by atoms with E-state index in [0.29, 0.717) is 11.3 Å². The van der Waals surface area contributed by atoms with E-state index in [1.165, 1.54) is 18.3 Å². The SMILES string of the molecule is O=C(O)Cn1cc(NC(=O)c2cccc(-c3cncc4ccccc34)c2)ccc1=O. The number of nitrogens with one attached hydrogen (secondary N) is 1. The van der Waals surface area contributed by atoms with Crippen molar-refractivity contribution in [1.82, 2.24) is 9.55 Å². The molecular weight excluding hydrogens is 382 g/mol. The molecule has 7 nitrogen and oxygen atoms in total. The highest BCUT2D eigenvalue weighted by molar-refractivity contribution is 6.05. The molecule has 0 aliphatic heterocycles. The molecule has 2 heterocycles. The summed E-state index contributed by atoms with van der Waals surface area (Å²) in [4.78, 5) is 39.7. The average molecular weight is 399 g/mol. The number of aromatic nitrogens is 2. The molecule has 0 aliphatic rings. The third-order valence-corrected chi connectivity index (χ3v) is 4.65. The zero-order valence-corrected chi connectivity index (χ0v) is 15.8. The summed E-state index contributed by atoms with van der Waals surface area (Å²) < 4.78 is 1.02. The van der Waals surface area contributed by atoms with E-state index in [-0.39, 0.29) is 5.91 Å². The number of hydrogen-bond donors (Lipinski definition) is 2. The fourth-order valence-electron chi connectivity index (χ4n) is 3.25. The fraction of sp³-hybridized carbons (Fsp3) is 0.0435. The second-order valence-corrected chi connectivity index (χ2v) is 6.72. The molecular formula is C23H17N3O4. The molecule has 0 radical (unpaired) electrons. The molecule has 30 heavy (non-hydrogen) atoms. The molecule has 0 saturated heterocycles. The quantitative estimate of drug-likeness (QED) is 0.536. The molecule has 0 aliphatic carbocycles. The van der Waals surface area contributed by atoms with E-state index in [2.05, 4.69) is 10.3 Å². The highest BCUT2D eigenvalue weighted by atomic mass is 16.4. The van der Waals surface area contributed by atoms with Crippen LogP contribution in [0.4, 0.5) is 5.69 Å². The van der Waals surface area contributed by atoms with Crippen LogP contribution in [0.1, 0.15) is 10.4 Å². The Morgan fingerprint density at radius 1 is 1.00 bits per heavy atom. The molecule has 0 bridgehead atoms. The Kier molecular flexibility index (Phi) is 5.09. The highest BCUT2D eigenvalue weighted by Gasteiger charge is 2.11. The maximum absolute atomic E-state index is 12.7. The van der Waals surface area contributed by atoms with Crippen molar-refractivity contribution < 1.29 is 14.7 Å². The molecule has 2 aromatic carbocycles. The number of aliphatic carboxylic acids is 1. The van der Waals surface area contributed by atoms with Crippen molar-refractivity contribution in [3.63, 3.8) is 0 Å². The zero-order valence-electron chi connectivity index (χ0n) is 15.8. The van der Waals surface area contributed by atoms with Gasteiger partial charge in [0.2, 0.25) is 0 Å². The molecule has 0 fully saturated rings. The summed E-state index contributed by atoms with van der Waals surface area (Å²) in [7, 11) is 0. The summed E-state index contributed by atoms with van der Waals surface area (Å²) in [6.45, 7) is -0.480. The van der Waals surface area contributed by atoms with Crippen LogP contribution in [-0.2, 0) is 11.3 Å². The number of anilines is 1. The first-order valence-corrected chi connectivity index (χ1v) is 9.18. The maximum atomic E-state index is 12.7. The Bertz CT molecular complexity index is 1320. The number of rotatable bonds is 5. The van der Waals surface area contributed by atoms with Crippen molar-refractivity contribution in [2.45, 2.75) is 6.54 Å². The molecule has 0 unspecified atom stereocenters. The van der Waals surface area contributed by atoms with E-state index in [1.54, 1.807) is 30.6 Å². The minimum Gasteiger partial charge on any atom is -0.480 e. The van der Waals surface area contributed by atoms with Crippen molar-refractivity contribution in [1.29, 1.82) is 0 Å². The topological polar surface area (TPSA) is 101 Å². The lowest BCUT2D eigenvalue weighted by Crippen LogP contribution is -2.24. The van der Waals surface area contributed by atoms with Crippen LogP contribution < -0.4 is 10.9 Å². The van der Waals surface area contributed by atoms with Crippen molar-refractivity contribution in [2.24, 2.45) is 0 Å². The average Bonchev–Trinajstić information content (AvgIpc) is 2.75. The Balaban J connectivity index is 1.64. The van der Waals surface area contributed by atoms with Crippen LogP contribution in [0.15, 0.2) is 84.0 Å². The molecule has 2 N–H and O–H groups in total. The van der Waals surface area contributed by atoms with Gasteiger partial charge in [0.1, 0.15) is 6.54 Å². The summed E-state index contributed by atoms with van der Waals surface area (Å²) in [6.07, 6.45) is 4.87. The number of carbonyl (C=O) groups is 2. The van der Waals surface area contributed by atoms with Gasteiger partial charge in [-0.1, -0.05) is 36.4 Å². The summed E-state index contributed by atoms with van der Waals surface area (Å²) >= 11 is 0. The summed E-state index contributed by atoms with van der Waals surface area (Å²) in [5, 5.41) is 13.7. The lowest BCUT2D eigenvalue weighted by Gasteiger charge is -2.10. The monoisotopic (exact) mass is 399 g/mol. The van der Waals surface area contributed by atoms with Gasteiger partial charge in [0.15, 0.2) is 0 Å². The molecule has 7 heteroatoms. The van der Waals surface area contributed by atoms with Gasteiger partial charge < -0.3 is 15.0 Å². The number of pyridine rings is 2. The molecule has 4 aromatic rings. The third kappa shape index (κ3) is 3.95. The van der Waals surface area contributed by atoms with Crippen molar-refractivity contribution in [2.75, 3.05) is 5.32 Å². The standard InChI is InChI=1S/C23H17N3O4/c27-21-9-8-18(13-26(21)14-22(28)29)25-23(30)16-6-3-5-15(10-16)20-12-24-11-17-4-1-2-7-19(17)20/h1-13H,14H2,(H,25,30)(H,28,29). The van der Waals surface area contributed by atoms with Gasteiger partial charge in [0.05, 0.1) is 5.69 Å². The Morgan fingerprint density at radius 3 is 2.67 bits per heavy atom. The number of hydrogen-bond acceptors (Lipinski definition) is 4. The molecule has 1 amide bonds. The van der Waals surface area contributed by atoms with Gasteiger partial charge in [-0.15, -0.1) is 0 Å². The van der Waals surface area contributed by atoms with Gasteiger partial charge >= 0.3 is 5.97 Å². The molecule has 2 aromatic heterocycles. The van der Waals surface area contributed by atoms with E-state index in [4.69, 9.17) is 5.11 Å². The van der Waals surface area contributed by atoms with E-state index >= 15 is 0 Å². The van der Waals surface area contributed by atoms with E-state index in [1.807, 2.05) is 30.3 Å². The predicted octanol–water partition coefficient (Wildman–Crippen LogP) is 3.40. The number of carboxylic acid groups (broad SMARTS) is 1. The van der Waals surface area contributed by atoms with E-state index in [9.17, 15) is 14.4 Å². The van der Waals surface area contributed by atoms with Crippen LogP contribution >= 0.6 is 0 Å². The van der Waals surface area contributed by atoms with Crippen molar-refractivity contribution in [3.8, 4) is 11.1 Å². The summed E-state index contributed by atoms with van der Waals surface area (Å²) in [5.74, 6) is -1.51. The lowest BCUT2D eigenvalue weighted by atomic mass is 9.99. The van der Waals surface area contributed by atoms with Gasteiger partial charge in [0, 0.05) is 41.2 Å². The summed E-state index contributed by atoms with van der Waals surface area (Å²) in [6, 6.07) is 17.7. The molecule has 4 rings (SSSR count). The Hall–Kier alpha value is -4.26. The molecule has 0 atom stereocenters. The van der Waals surface area contributed by atoms with Gasteiger partial charge in [-0.25, -0.2) is 0 Å². The van der Waals surface area contributed by atoms with Gasteiger partial charge in [-0.2, -0.15) is 0 Å². The number of nitrogens with zero attached hydrogens (tertiary/aromatic N) is 2. The van der Waals surface area contributed by atoms with Gasteiger partial charge in [-0.3, -0.25) is 19.4 Å². The van der Waals surface area contributed by atoms with Crippen LogP contribution in [0.3, 0.4) is 0 Å². The van der Waals surface area contributed by atoms with Crippen LogP contribution in [0, 0.1) is 0 Å². The van der Waals surface area contributed by atoms with Crippen molar-refractivity contribution in [3.05, 3.63) is 95.2 Å². The number of fused-ring (bicyclic) bond motifs is 1. The number of carbonyl (C=O) groups excluding carboxylic acids is 1. The largest absolute Gasteiger partial charge is 0.480 e. The van der Waals surface area contributed by atoms with Gasteiger partial charge in [-0.05, 0) is 29.1 Å². The second-order valence-electron chi connectivity index (χ2n) is 6.72. The number of carboxylic acids is 1. The predicted molar refractivity (Wildman–Crippen MR) is 113 cm³/mol. The van der Waals surface area contributed by atoms with Crippen LogP contribution in [0.2, 0.25) is 0 Å². The number of benzene rings is 2. The fourth-order valence-corrected chi connectivity index (χ4v) is 3.25. The van der Waals surface area contributed by atoms with Gasteiger partial charge in [0.25, 0.3) is 11.5 Å². The highest BCUT2D eigenvalue weighted by Crippen LogP contribution is 2.28. The van der Waals surface area contributed by atoms with E-state index in [0.717, 1.165) is 26.5 Å². The van der Waals surface area contributed by atoms with E-state index < -0.39 is 18.1 Å². The van der Waals surface area contributed by atoms with Crippen LogP contribution in [-0.4, -0.2) is 26.5 Å². The maximum Gasteiger partial charge on any atom is 0.323 e. The Morgan fingerprint density at radius 2 is 1.83 bits per heavy atom. The third-order valence-electron chi connectivity index (χ3n) is 4.65. The first-order valence-electron chi connectivity index (χ1n) is 9.18. The summed E-state index contributed by atoms with van der Waals surface area (Å²) in [5.41, 5.74) is 2.07. The smallest absolute Gasteiger partial charge is 0.323 e. The van der Waals surface area contributed by atoms with Crippen LogP contribution in [0.25, 0.3) is 21.9 Å². The normalized spacial score (nSPS) is 10.7. The first kappa shape index (κ1) is 19.1. The van der Waals surface area contributed by atoms with Crippen molar-refractivity contribution >= 4 is 28.3 Å². The lowest BCUT2D eigenvalue weighted by molar-refractivity contribution is -0.137. The number of amides is 1. The molecule has 0 saturated carbocycles. The zero-order chi connectivity index (χ0) is 21.1. The van der Waals surface area contributed by atoms with Crippen LogP contribution in [0.5, 0.6) is 0 Å². The Labute approximate surface area is 171 Å². The minimum absolute atomic E-state index is 0.332. The first-order chi connectivity index (χ1) is 14.5. The second kappa shape index (κ2) is 8.00. The minimum atomic E-state index is -1.14. The molecule has 0 spiro atoms.